The Bertz CT molecular complexity index is 1240. The minimum absolute atomic E-state index is 0.304. The Hall–Kier alpha value is -3.86. The molecule has 1 heterocycles. The molecule has 30 heavy (non-hydrogen) atoms. The van der Waals surface area contributed by atoms with E-state index >= 15 is 0 Å². The van der Waals surface area contributed by atoms with Crippen LogP contribution in [0, 0.1) is 0 Å². The van der Waals surface area contributed by atoms with E-state index in [2.05, 4.69) is 0 Å². The summed E-state index contributed by atoms with van der Waals surface area (Å²) >= 11 is 0. The van der Waals surface area contributed by atoms with Gasteiger partial charge in [-0.05, 0) is 54.4 Å². The summed E-state index contributed by atoms with van der Waals surface area (Å²) in [4.78, 5) is 24.5. The van der Waals surface area contributed by atoms with Gasteiger partial charge in [0, 0.05) is 17.5 Å². The summed E-state index contributed by atoms with van der Waals surface area (Å²) < 4.78 is 16.6. The molecular weight excluding hydrogens is 380 g/mol. The first-order chi connectivity index (χ1) is 14.6. The van der Waals surface area contributed by atoms with E-state index in [1.807, 2.05) is 37.3 Å². The summed E-state index contributed by atoms with van der Waals surface area (Å²) in [6.45, 7) is 2.05. The number of esters is 1. The van der Waals surface area contributed by atoms with Crippen LogP contribution in [0.3, 0.4) is 0 Å². The summed E-state index contributed by atoms with van der Waals surface area (Å²) in [7, 11) is 0. The number of hydrogen-bond acceptors (Lipinski definition) is 5. The maximum atomic E-state index is 12.6. The number of carbonyl (C=O) groups is 1. The monoisotopic (exact) mass is 400 g/mol. The average Bonchev–Trinajstić information content (AvgIpc) is 2.74. The number of carbonyl (C=O) groups excluding carboxylic acids is 1. The van der Waals surface area contributed by atoms with E-state index < -0.39 is 11.6 Å². The standard InChI is InChI=1S/C25H20O5/c1-2-7-17-15-24(26)30-23-16-21(12-13-22(17)23)29-25(27)18-8-6-11-20(14-18)28-19-9-4-3-5-10-19/h3-6,8-16H,2,7H2,1H3. The largest absolute Gasteiger partial charge is 0.457 e. The van der Waals surface area contributed by atoms with Crippen LogP contribution in [-0.2, 0) is 6.42 Å². The van der Waals surface area contributed by atoms with Crippen LogP contribution in [0.1, 0.15) is 29.3 Å². The molecule has 4 aromatic rings. The Morgan fingerprint density at radius 2 is 1.67 bits per heavy atom. The number of fused-ring (bicyclic) bond motifs is 1. The predicted octanol–water partition coefficient (Wildman–Crippen LogP) is 5.76. The minimum atomic E-state index is -0.528. The Balaban J connectivity index is 1.56. The number of ether oxygens (including phenoxy) is 2. The highest BCUT2D eigenvalue weighted by atomic mass is 16.5. The SMILES string of the molecule is CCCc1cc(=O)oc2cc(OC(=O)c3cccc(Oc4ccccc4)c3)ccc12. The zero-order valence-electron chi connectivity index (χ0n) is 16.5. The van der Waals surface area contributed by atoms with Crippen LogP contribution in [0.5, 0.6) is 17.2 Å². The van der Waals surface area contributed by atoms with Crippen LogP contribution in [0.15, 0.2) is 88.1 Å². The normalized spacial score (nSPS) is 10.7. The lowest BCUT2D eigenvalue weighted by molar-refractivity contribution is 0.0734. The van der Waals surface area contributed by atoms with Crippen molar-refractivity contribution >= 4 is 16.9 Å². The molecule has 0 spiro atoms. The van der Waals surface area contributed by atoms with Crippen LogP contribution in [0.4, 0.5) is 0 Å². The fourth-order valence-electron chi connectivity index (χ4n) is 3.23. The van der Waals surface area contributed by atoms with Crippen molar-refractivity contribution in [2.75, 3.05) is 0 Å². The second-order valence-electron chi connectivity index (χ2n) is 6.83. The number of benzene rings is 3. The molecule has 1 aromatic heterocycles. The van der Waals surface area contributed by atoms with E-state index in [1.165, 1.54) is 6.07 Å². The molecule has 5 nitrogen and oxygen atoms in total. The Labute approximate surface area is 173 Å². The van der Waals surface area contributed by atoms with Gasteiger partial charge in [0.2, 0.25) is 0 Å². The maximum Gasteiger partial charge on any atom is 0.343 e. The lowest BCUT2D eigenvalue weighted by atomic mass is 10.1. The van der Waals surface area contributed by atoms with Crippen LogP contribution in [0.2, 0.25) is 0 Å². The van der Waals surface area contributed by atoms with Gasteiger partial charge in [0.15, 0.2) is 0 Å². The third-order valence-corrected chi connectivity index (χ3v) is 4.58. The molecule has 0 aliphatic rings. The smallest absolute Gasteiger partial charge is 0.343 e. The predicted molar refractivity (Wildman–Crippen MR) is 114 cm³/mol. The van der Waals surface area contributed by atoms with E-state index in [4.69, 9.17) is 13.9 Å². The van der Waals surface area contributed by atoms with Crippen molar-refractivity contribution in [3.63, 3.8) is 0 Å². The second-order valence-corrected chi connectivity index (χ2v) is 6.83. The molecule has 5 heteroatoms. The Morgan fingerprint density at radius 3 is 2.47 bits per heavy atom. The summed E-state index contributed by atoms with van der Waals surface area (Å²) in [5.74, 6) is 0.985. The topological polar surface area (TPSA) is 65.7 Å². The lowest BCUT2D eigenvalue weighted by Gasteiger charge is -2.09. The molecular formula is C25H20O5. The highest BCUT2D eigenvalue weighted by Gasteiger charge is 2.12. The second kappa shape index (κ2) is 8.66. The molecule has 0 saturated carbocycles. The molecule has 0 fully saturated rings. The maximum absolute atomic E-state index is 12.6. The third kappa shape index (κ3) is 4.41. The summed E-state index contributed by atoms with van der Waals surface area (Å²) in [6.07, 6.45) is 1.69. The molecule has 0 saturated heterocycles. The fraction of sp³-hybridized carbons (Fsp3) is 0.120. The zero-order valence-corrected chi connectivity index (χ0v) is 16.5. The van der Waals surface area contributed by atoms with Gasteiger partial charge in [-0.3, -0.25) is 0 Å². The first-order valence-corrected chi connectivity index (χ1v) is 9.74. The van der Waals surface area contributed by atoms with E-state index in [0.29, 0.717) is 28.4 Å². The highest BCUT2D eigenvalue weighted by molar-refractivity contribution is 5.92. The Kier molecular flexibility index (Phi) is 5.61. The molecule has 0 unspecified atom stereocenters. The number of rotatable bonds is 6. The van der Waals surface area contributed by atoms with E-state index in [-0.39, 0.29) is 0 Å². The van der Waals surface area contributed by atoms with Gasteiger partial charge < -0.3 is 13.9 Å². The lowest BCUT2D eigenvalue weighted by Crippen LogP contribution is -2.08. The van der Waals surface area contributed by atoms with E-state index in [0.717, 1.165) is 23.8 Å². The Morgan fingerprint density at radius 1 is 0.867 bits per heavy atom. The molecule has 0 aliphatic carbocycles. The van der Waals surface area contributed by atoms with Gasteiger partial charge >= 0.3 is 11.6 Å². The summed E-state index contributed by atoms with van der Waals surface area (Å²) in [5, 5.41) is 0.842. The molecule has 150 valence electrons. The van der Waals surface area contributed by atoms with Gasteiger partial charge in [-0.1, -0.05) is 37.6 Å². The van der Waals surface area contributed by atoms with E-state index in [9.17, 15) is 9.59 Å². The van der Waals surface area contributed by atoms with Gasteiger partial charge in [0.05, 0.1) is 5.56 Å². The van der Waals surface area contributed by atoms with Crippen molar-refractivity contribution in [3.8, 4) is 17.2 Å². The highest BCUT2D eigenvalue weighted by Crippen LogP contribution is 2.25. The first-order valence-electron chi connectivity index (χ1n) is 9.74. The van der Waals surface area contributed by atoms with Crippen LogP contribution < -0.4 is 15.1 Å². The molecule has 0 aliphatic heterocycles. The number of hydrogen-bond donors (Lipinski definition) is 0. The van der Waals surface area contributed by atoms with Crippen molar-refractivity contribution in [2.24, 2.45) is 0 Å². The van der Waals surface area contributed by atoms with Gasteiger partial charge in [0.1, 0.15) is 22.8 Å². The van der Waals surface area contributed by atoms with Crippen molar-refractivity contribution < 1.29 is 18.7 Å². The molecule has 3 aromatic carbocycles. The number of para-hydroxylation sites is 1. The van der Waals surface area contributed by atoms with Crippen LogP contribution in [0.25, 0.3) is 11.0 Å². The van der Waals surface area contributed by atoms with Gasteiger partial charge in [0.25, 0.3) is 0 Å². The summed E-state index contributed by atoms with van der Waals surface area (Å²) in [5.41, 5.74) is 1.26. The average molecular weight is 400 g/mol. The van der Waals surface area contributed by atoms with Crippen LogP contribution >= 0.6 is 0 Å². The van der Waals surface area contributed by atoms with Crippen molar-refractivity contribution in [1.29, 1.82) is 0 Å². The summed E-state index contributed by atoms with van der Waals surface area (Å²) in [6, 6.07) is 22.7. The van der Waals surface area contributed by atoms with Crippen molar-refractivity contribution in [1.82, 2.24) is 0 Å². The first kappa shape index (κ1) is 19.5. The van der Waals surface area contributed by atoms with Gasteiger partial charge in [-0.2, -0.15) is 0 Å². The zero-order chi connectivity index (χ0) is 20.9. The van der Waals surface area contributed by atoms with Crippen molar-refractivity contribution in [2.45, 2.75) is 19.8 Å². The molecule has 0 amide bonds. The molecule has 0 radical (unpaired) electrons. The van der Waals surface area contributed by atoms with Gasteiger partial charge in [-0.15, -0.1) is 0 Å². The van der Waals surface area contributed by atoms with Crippen molar-refractivity contribution in [3.05, 3.63) is 100 Å². The van der Waals surface area contributed by atoms with E-state index in [1.54, 1.807) is 42.5 Å². The van der Waals surface area contributed by atoms with Crippen LogP contribution in [-0.4, -0.2) is 5.97 Å². The number of aryl methyl sites for hydroxylation is 1. The molecule has 0 N–H and O–H groups in total. The fourth-order valence-corrected chi connectivity index (χ4v) is 3.23. The van der Waals surface area contributed by atoms with Gasteiger partial charge in [-0.25, -0.2) is 9.59 Å². The quantitative estimate of drug-likeness (QED) is 0.234. The third-order valence-electron chi connectivity index (χ3n) is 4.58. The molecule has 4 rings (SSSR count). The molecule has 0 atom stereocenters. The molecule has 0 bridgehead atoms. The minimum Gasteiger partial charge on any atom is -0.457 e.